The molecule has 1 aromatic heterocycles. The molecular formula is C15H11Cl2F3N2O. The van der Waals surface area contributed by atoms with Crippen LogP contribution in [0.3, 0.4) is 0 Å². The fraction of sp³-hybridized carbons (Fsp3) is 0.200. The first kappa shape index (κ1) is 17.6. The molecule has 0 bridgehead atoms. The first-order valence-electron chi connectivity index (χ1n) is 6.48. The highest BCUT2D eigenvalue weighted by atomic mass is 35.5. The van der Waals surface area contributed by atoms with Crippen LogP contribution in [-0.4, -0.2) is 10.9 Å². The number of hydrogen-bond acceptors (Lipinski definition) is 2. The molecule has 0 aliphatic rings. The van der Waals surface area contributed by atoms with Crippen LogP contribution in [0.5, 0.6) is 0 Å². The molecule has 1 heterocycles. The maximum atomic E-state index is 12.7. The van der Waals surface area contributed by atoms with Crippen molar-refractivity contribution in [3.05, 3.63) is 63.4 Å². The molecule has 23 heavy (non-hydrogen) atoms. The number of pyridine rings is 1. The quantitative estimate of drug-likeness (QED) is 0.789. The molecule has 2 aromatic rings. The second-order valence-corrected chi connectivity index (χ2v) is 5.58. The van der Waals surface area contributed by atoms with Crippen LogP contribution in [0.2, 0.25) is 10.2 Å². The minimum atomic E-state index is -4.45. The predicted molar refractivity (Wildman–Crippen MR) is 81.6 cm³/mol. The molecule has 0 spiro atoms. The number of carbonyl (C=O) groups excluding carboxylic acids is 1. The van der Waals surface area contributed by atoms with Crippen molar-refractivity contribution in [2.24, 2.45) is 0 Å². The number of benzene rings is 1. The Bertz CT molecular complexity index is 735. The number of amides is 1. The Balaban J connectivity index is 2.20. The molecule has 0 radical (unpaired) electrons. The molecule has 0 fully saturated rings. The molecule has 2 rings (SSSR count). The van der Waals surface area contributed by atoms with Crippen molar-refractivity contribution in [3.8, 4) is 0 Å². The standard InChI is InChI=1S/C15H11Cl2F3N2O/c1-8(9-3-2-4-10(7-9)15(18,19)20)21-14(23)13-11(16)5-6-12(17)22-13/h2-8H,1H3,(H,21,23). The van der Waals surface area contributed by atoms with Crippen molar-refractivity contribution in [3.63, 3.8) is 0 Å². The van der Waals surface area contributed by atoms with Crippen molar-refractivity contribution in [1.29, 1.82) is 0 Å². The fourth-order valence-corrected chi connectivity index (χ4v) is 2.25. The van der Waals surface area contributed by atoms with Gasteiger partial charge < -0.3 is 5.32 Å². The molecule has 1 unspecified atom stereocenters. The second-order valence-electron chi connectivity index (χ2n) is 4.78. The van der Waals surface area contributed by atoms with Crippen LogP contribution in [0.1, 0.15) is 34.6 Å². The first-order valence-corrected chi connectivity index (χ1v) is 7.24. The first-order chi connectivity index (χ1) is 10.7. The minimum Gasteiger partial charge on any atom is -0.344 e. The van der Waals surface area contributed by atoms with Gasteiger partial charge in [0.25, 0.3) is 5.91 Å². The van der Waals surface area contributed by atoms with Crippen LogP contribution in [-0.2, 0) is 6.18 Å². The van der Waals surface area contributed by atoms with Gasteiger partial charge in [0.05, 0.1) is 16.6 Å². The number of carbonyl (C=O) groups is 1. The van der Waals surface area contributed by atoms with Gasteiger partial charge in [-0.05, 0) is 36.8 Å². The van der Waals surface area contributed by atoms with E-state index in [1.807, 2.05) is 0 Å². The molecular weight excluding hydrogens is 352 g/mol. The zero-order valence-corrected chi connectivity index (χ0v) is 13.3. The van der Waals surface area contributed by atoms with Gasteiger partial charge in [-0.25, -0.2) is 4.98 Å². The zero-order valence-electron chi connectivity index (χ0n) is 11.8. The zero-order chi connectivity index (χ0) is 17.2. The number of rotatable bonds is 3. The molecule has 3 nitrogen and oxygen atoms in total. The lowest BCUT2D eigenvalue weighted by molar-refractivity contribution is -0.137. The highest BCUT2D eigenvalue weighted by molar-refractivity contribution is 6.34. The van der Waals surface area contributed by atoms with E-state index in [9.17, 15) is 18.0 Å². The number of aromatic nitrogens is 1. The monoisotopic (exact) mass is 362 g/mol. The number of hydrogen-bond donors (Lipinski definition) is 1. The molecule has 1 aromatic carbocycles. The van der Waals surface area contributed by atoms with Crippen molar-refractivity contribution in [2.45, 2.75) is 19.1 Å². The van der Waals surface area contributed by atoms with Gasteiger partial charge in [-0.1, -0.05) is 35.3 Å². The van der Waals surface area contributed by atoms with E-state index in [0.29, 0.717) is 5.56 Å². The number of nitrogens with zero attached hydrogens (tertiary/aromatic N) is 1. The summed E-state index contributed by atoms with van der Waals surface area (Å²) in [6, 6.07) is 6.91. The fourth-order valence-electron chi connectivity index (χ4n) is 1.91. The molecule has 8 heteroatoms. The van der Waals surface area contributed by atoms with Gasteiger partial charge in [0.15, 0.2) is 0 Å². The van der Waals surface area contributed by atoms with Crippen molar-refractivity contribution in [1.82, 2.24) is 10.3 Å². The maximum absolute atomic E-state index is 12.7. The maximum Gasteiger partial charge on any atom is 0.416 e. The van der Waals surface area contributed by atoms with Crippen molar-refractivity contribution in [2.75, 3.05) is 0 Å². The van der Waals surface area contributed by atoms with Gasteiger partial charge in [-0.2, -0.15) is 13.2 Å². The van der Waals surface area contributed by atoms with Crippen LogP contribution in [0.4, 0.5) is 13.2 Å². The van der Waals surface area contributed by atoms with E-state index in [1.165, 1.54) is 24.3 Å². The van der Waals surface area contributed by atoms with Gasteiger partial charge in [0, 0.05) is 0 Å². The molecule has 0 aliphatic heterocycles. The van der Waals surface area contributed by atoms with Crippen LogP contribution >= 0.6 is 23.2 Å². The summed E-state index contributed by atoms with van der Waals surface area (Å²) in [5.74, 6) is -0.623. The van der Waals surface area contributed by atoms with E-state index in [4.69, 9.17) is 23.2 Å². The summed E-state index contributed by atoms with van der Waals surface area (Å²) in [6.07, 6.45) is -4.45. The Hall–Kier alpha value is -1.79. The normalized spacial score (nSPS) is 12.8. The third kappa shape index (κ3) is 4.36. The molecule has 122 valence electrons. The number of halogens is 5. The van der Waals surface area contributed by atoms with Crippen molar-refractivity contribution >= 4 is 29.1 Å². The summed E-state index contributed by atoms with van der Waals surface area (Å²) >= 11 is 11.6. The largest absolute Gasteiger partial charge is 0.416 e. The van der Waals surface area contributed by atoms with Gasteiger partial charge in [-0.15, -0.1) is 0 Å². The van der Waals surface area contributed by atoms with E-state index >= 15 is 0 Å². The SMILES string of the molecule is CC(NC(=O)c1nc(Cl)ccc1Cl)c1cccc(C(F)(F)F)c1. The van der Waals surface area contributed by atoms with E-state index in [-0.39, 0.29) is 15.9 Å². The van der Waals surface area contributed by atoms with Gasteiger partial charge in [0.1, 0.15) is 10.8 Å². The molecule has 0 aliphatic carbocycles. The van der Waals surface area contributed by atoms with Gasteiger partial charge >= 0.3 is 6.18 Å². The van der Waals surface area contributed by atoms with E-state index in [1.54, 1.807) is 6.92 Å². The van der Waals surface area contributed by atoms with Gasteiger partial charge in [0.2, 0.25) is 0 Å². The van der Waals surface area contributed by atoms with Crippen LogP contribution < -0.4 is 5.32 Å². The average molecular weight is 363 g/mol. The summed E-state index contributed by atoms with van der Waals surface area (Å²) in [5.41, 5.74) is -0.556. The molecule has 1 N–H and O–H groups in total. The molecule has 1 amide bonds. The second kappa shape index (κ2) is 6.76. The highest BCUT2D eigenvalue weighted by Crippen LogP contribution is 2.30. The smallest absolute Gasteiger partial charge is 0.344 e. The molecule has 0 saturated carbocycles. The summed E-state index contributed by atoms with van der Waals surface area (Å²) in [6.45, 7) is 1.56. The summed E-state index contributed by atoms with van der Waals surface area (Å²) < 4.78 is 38.2. The average Bonchev–Trinajstić information content (AvgIpc) is 2.48. The Morgan fingerprint density at radius 1 is 1.22 bits per heavy atom. The topological polar surface area (TPSA) is 42.0 Å². The minimum absolute atomic E-state index is 0.0852. The Kier molecular flexibility index (Phi) is 5.16. The van der Waals surface area contributed by atoms with Crippen LogP contribution in [0.15, 0.2) is 36.4 Å². The Labute approximate surface area is 140 Å². The van der Waals surface area contributed by atoms with Crippen LogP contribution in [0, 0.1) is 0 Å². The summed E-state index contributed by atoms with van der Waals surface area (Å²) in [4.78, 5) is 16.0. The summed E-state index contributed by atoms with van der Waals surface area (Å²) in [5, 5.41) is 2.74. The van der Waals surface area contributed by atoms with Crippen LogP contribution in [0.25, 0.3) is 0 Å². The predicted octanol–water partition coefficient (Wildman–Crippen LogP) is 4.90. The third-order valence-electron chi connectivity index (χ3n) is 3.09. The van der Waals surface area contributed by atoms with E-state index < -0.39 is 23.7 Å². The Morgan fingerprint density at radius 3 is 2.57 bits per heavy atom. The number of alkyl halides is 3. The van der Waals surface area contributed by atoms with Gasteiger partial charge in [-0.3, -0.25) is 4.79 Å². The van der Waals surface area contributed by atoms with E-state index in [2.05, 4.69) is 10.3 Å². The van der Waals surface area contributed by atoms with Crippen molar-refractivity contribution < 1.29 is 18.0 Å². The lowest BCUT2D eigenvalue weighted by atomic mass is 10.0. The number of nitrogens with one attached hydrogen (secondary N) is 1. The highest BCUT2D eigenvalue weighted by Gasteiger charge is 2.30. The van der Waals surface area contributed by atoms with E-state index in [0.717, 1.165) is 12.1 Å². The third-order valence-corrected chi connectivity index (χ3v) is 3.60. The molecule has 1 atom stereocenters. The lowest BCUT2D eigenvalue weighted by Gasteiger charge is -2.16. The molecule has 0 saturated heterocycles. The lowest BCUT2D eigenvalue weighted by Crippen LogP contribution is -2.28. The Morgan fingerprint density at radius 2 is 1.91 bits per heavy atom. The summed E-state index contributed by atoms with van der Waals surface area (Å²) in [7, 11) is 0.